The first-order valence-electron chi connectivity index (χ1n) is 7.36. The van der Waals surface area contributed by atoms with E-state index in [1.807, 2.05) is 19.0 Å². The van der Waals surface area contributed by atoms with Crippen LogP contribution in [0.1, 0.15) is 5.56 Å². The molecule has 0 radical (unpaired) electrons. The third kappa shape index (κ3) is 2.66. The maximum atomic E-state index is 12.0. The molecule has 2 heterocycles. The molecule has 2 aliphatic rings. The molecule has 4 nitrogen and oxygen atoms in total. The van der Waals surface area contributed by atoms with Gasteiger partial charge in [0.05, 0.1) is 0 Å². The van der Waals surface area contributed by atoms with E-state index in [9.17, 15) is 4.79 Å². The SMILES string of the molecule is CN(C)C(=O)N1C[C@H]2CN(Cc3ccccc3)C[C@H]2C1. The lowest BCUT2D eigenvalue weighted by Gasteiger charge is -2.24. The Morgan fingerprint density at radius 3 is 2.25 bits per heavy atom. The molecule has 2 fully saturated rings. The molecule has 4 heteroatoms. The van der Waals surface area contributed by atoms with Crippen LogP contribution in [-0.2, 0) is 6.54 Å². The third-order valence-electron chi connectivity index (χ3n) is 4.46. The normalized spacial score (nSPS) is 25.8. The number of likely N-dealkylation sites (tertiary alicyclic amines) is 2. The molecule has 20 heavy (non-hydrogen) atoms. The molecule has 3 rings (SSSR count). The Balaban J connectivity index is 1.55. The smallest absolute Gasteiger partial charge is 0.319 e. The van der Waals surface area contributed by atoms with Gasteiger partial charge in [-0.25, -0.2) is 4.79 Å². The highest BCUT2D eigenvalue weighted by molar-refractivity contribution is 5.74. The second-order valence-corrected chi connectivity index (χ2v) is 6.28. The van der Waals surface area contributed by atoms with E-state index in [1.165, 1.54) is 5.56 Å². The minimum Gasteiger partial charge on any atom is -0.331 e. The van der Waals surface area contributed by atoms with Crippen LogP contribution in [0.2, 0.25) is 0 Å². The molecule has 2 saturated heterocycles. The van der Waals surface area contributed by atoms with Crippen LogP contribution in [0.3, 0.4) is 0 Å². The highest BCUT2D eigenvalue weighted by Crippen LogP contribution is 2.32. The van der Waals surface area contributed by atoms with Crippen LogP contribution in [0.4, 0.5) is 4.79 Å². The van der Waals surface area contributed by atoms with Gasteiger partial charge in [0, 0.05) is 46.8 Å². The summed E-state index contributed by atoms with van der Waals surface area (Å²) < 4.78 is 0. The molecule has 2 amide bonds. The fourth-order valence-electron chi connectivity index (χ4n) is 3.50. The predicted molar refractivity (Wildman–Crippen MR) is 79.4 cm³/mol. The van der Waals surface area contributed by atoms with Gasteiger partial charge < -0.3 is 9.80 Å². The van der Waals surface area contributed by atoms with Crippen molar-refractivity contribution in [3.05, 3.63) is 35.9 Å². The van der Waals surface area contributed by atoms with Crippen LogP contribution in [0.15, 0.2) is 30.3 Å². The Morgan fingerprint density at radius 1 is 1.10 bits per heavy atom. The maximum Gasteiger partial charge on any atom is 0.319 e. The summed E-state index contributed by atoms with van der Waals surface area (Å²) in [4.78, 5) is 18.2. The summed E-state index contributed by atoms with van der Waals surface area (Å²) >= 11 is 0. The Labute approximate surface area is 121 Å². The number of hydrogen-bond acceptors (Lipinski definition) is 2. The molecule has 0 bridgehead atoms. The van der Waals surface area contributed by atoms with Crippen LogP contribution in [-0.4, -0.2) is 61.0 Å². The largest absolute Gasteiger partial charge is 0.331 e. The Morgan fingerprint density at radius 2 is 1.70 bits per heavy atom. The lowest BCUT2D eigenvalue weighted by atomic mass is 10.0. The minimum atomic E-state index is 0.161. The summed E-state index contributed by atoms with van der Waals surface area (Å²) in [6.07, 6.45) is 0. The Hall–Kier alpha value is -1.55. The molecular formula is C16H23N3O. The third-order valence-corrected chi connectivity index (χ3v) is 4.46. The first-order valence-corrected chi connectivity index (χ1v) is 7.36. The van der Waals surface area contributed by atoms with Crippen molar-refractivity contribution in [2.75, 3.05) is 40.3 Å². The minimum absolute atomic E-state index is 0.161. The van der Waals surface area contributed by atoms with Crippen molar-refractivity contribution < 1.29 is 4.79 Å². The van der Waals surface area contributed by atoms with Gasteiger partial charge in [-0.15, -0.1) is 0 Å². The zero-order chi connectivity index (χ0) is 14.1. The number of carbonyl (C=O) groups excluding carboxylic acids is 1. The van der Waals surface area contributed by atoms with Gasteiger partial charge in [-0.1, -0.05) is 30.3 Å². The molecule has 2 atom stereocenters. The van der Waals surface area contributed by atoms with E-state index in [1.54, 1.807) is 4.90 Å². The summed E-state index contributed by atoms with van der Waals surface area (Å²) in [5, 5.41) is 0. The van der Waals surface area contributed by atoms with Crippen LogP contribution < -0.4 is 0 Å². The second kappa shape index (κ2) is 5.44. The molecule has 0 spiro atoms. The van der Waals surface area contributed by atoms with Gasteiger partial charge in [-0.05, 0) is 17.4 Å². The summed E-state index contributed by atoms with van der Waals surface area (Å²) in [5.41, 5.74) is 1.38. The summed E-state index contributed by atoms with van der Waals surface area (Å²) in [6, 6.07) is 10.8. The van der Waals surface area contributed by atoms with Crippen molar-refractivity contribution in [1.82, 2.24) is 14.7 Å². The van der Waals surface area contributed by atoms with Gasteiger partial charge in [-0.3, -0.25) is 4.90 Å². The first kappa shape index (κ1) is 13.4. The molecule has 2 aliphatic heterocycles. The molecule has 1 aromatic carbocycles. The van der Waals surface area contributed by atoms with Crippen molar-refractivity contribution in [2.24, 2.45) is 11.8 Å². The molecule has 108 valence electrons. The van der Waals surface area contributed by atoms with Gasteiger partial charge in [0.15, 0.2) is 0 Å². The van der Waals surface area contributed by atoms with Crippen molar-refractivity contribution in [3.63, 3.8) is 0 Å². The lowest BCUT2D eigenvalue weighted by molar-refractivity contribution is 0.173. The van der Waals surface area contributed by atoms with Crippen molar-refractivity contribution in [3.8, 4) is 0 Å². The highest BCUT2D eigenvalue weighted by atomic mass is 16.2. The first-order chi connectivity index (χ1) is 9.63. The Kier molecular flexibility index (Phi) is 3.66. The van der Waals surface area contributed by atoms with E-state index < -0.39 is 0 Å². The molecule has 0 unspecified atom stereocenters. The number of hydrogen-bond donors (Lipinski definition) is 0. The maximum absolute atomic E-state index is 12.0. The number of fused-ring (bicyclic) bond motifs is 1. The summed E-state index contributed by atoms with van der Waals surface area (Å²) in [5.74, 6) is 1.31. The number of rotatable bonds is 2. The number of nitrogens with zero attached hydrogens (tertiary/aromatic N) is 3. The average Bonchev–Trinajstić information content (AvgIpc) is 2.96. The predicted octanol–water partition coefficient (Wildman–Crippen LogP) is 1.73. The van der Waals surface area contributed by atoms with Crippen LogP contribution >= 0.6 is 0 Å². The second-order valence-electron chi connectivity index (χ2n) is 6.28. The van der Waals surface area contributed by atoms with E-state index >= 15 is 0 Å². The van der Waals surface area contributed by atoms with Crippen molar-refractivity contribution in [2.45, 2.75) is 6.54 Å². The monoisotopic (exact) mass is 273 g/mol. The Bertz CT molecular complexity index is 460. The van der Waals surface area contributed by atoms with Gasteiger partial charge in [0.25, 0.3) is 0 Å². The zero-order valence-electron chi connectivity index (χ0n) is 12.3. The van der Waals surface area contributed by atoms with Crippen LogP contribution in [0, 0.1) is 11.8 Å². The van der Waals surface area contributed by atoms with Crippen molar-refractivity contribution >= 4 is 6.03 Å². The average molecular weight is 273 g/mol. The number of carbonyl (C=O) groups is 1. The van der Waals surface area contributed by atoms with Gasteiger partial charge in [-0.2, -0.15) is 0 Å². The summed E-state index contributed by atoms with van der Waals surface area (Å²) in [7, 11) is 3.66. The van der Waals surface area contributed by atoms with E-state index in [0.717, 1.165) is 32.7 Å². The molecule has 0 aromatic heterocycles. The van der Waals surface area contributed by atoms with Gasteiger partial charge in [0.1, 0.15) is 0 Å². The molecule has 0 N–H and O–H groups in total. The van der Waals surface area contributed by atoms with E-state index in [-0.39, 0.29) is 6.03 Å². The van der Waals surface area contributed by atoms with Gasteiger partial charge in [0.2, 0.25) is 0 Å². The standard InChI is InChI=1S/C16H23N3O/c1-17(2)16(20)19-11-14-9-18(10-15(14)12-19)8-13-6-4-3-5-7-13/h3-7,14-15H,8-12H2,1-2H3/t14-,15+. The number of benzene rings is 1. The number of amides is 2. The van der Waals surface area contributed by atoms with Crippen molar-refractivity contribution in [1.29, 1.82) is 0 Å². The molecule has 0 aliphatic carbocycles. The summed E-state index contributed by atoms with van der Waals surface area (Å²) in [6.45, 7) is 5.13. The topological polar surface area (TPSA) is 26.8 Å². The zero-order valence-corrected chi connectivity index (χ0v) is 12.3. The van der Waals surface area contributed by atoms with E-state index in [2.05, 4.69) is 35.2 Å². The van der Waals surface area contributed by atoms with Crippen LogP contribution in [0.5, 0.6) is 0 Å². The fraction of sp³-hybridized carbons (Fsp3) is 0.562. The highest BCUT2D eigenvalue weighted by Gasteiger charge is 2.41. The molecular weight excluding hydrogens is 250 g/mol. The van der Waals surface area contributed by atoms with Crippen LogP contribution in [0.25, 0.3) is 0 Å². The quantitative estimate of drug-likeness (QED) is 0.820. The molecule has 0 saturated carbocycles. The van der Waals surface area contributed by atoms with E-state index in [4.69, 9.17) is 0 Å². The molecule has 1 aromatic rings. The fourth-order valence-corrected chi connectivity index (χ4v) is 3.50. The van der Waals surface area contributed by atoms with Gasteiger partial charge >= 0.3 is 6.03 Å². The number of urea groups is 1. The lowest BCUT2D eigenvalue weighted by Crippen LogP contribution is -2.39. The van der Waals surface area contributed by atoms with E-state index in [0.29, 0.717) is 11.8 Å².